The first-order valence-corrected chi connectivity index (χ1v) is 7.80. The van der Waals surface area contributed by atoms with Gasteiger partial charge in [0.15, 0.2) is 0 Å². The molecule has 1 N–H and O–H groups in total. The summed E-state index contributed by atoms with van der Waals surface area (Å²) in [5, 5.41) is 4.65. The molecule has 2 atom stereocenters. The van der Waals surface area contributed by atoms with Crippen LogP contribution in [0.2, 0.25) is 0 Å². The van der Waals surface area contributed by atoms with Crippen LogP contribution in [0.4, 0.5) is 0 Å². The standard InChI is InChI=1S/C13H25NS/c1-2-14-12(10-11-6-5-7-11)13-8-3-4-9-15-13/h11-14H,2-10H2,1H3. The van der Waals surface area contributed by atoms with Crippen molar-refractivity contribution in [2.24, 2.45) is 5.92 Å². The van der Waals surface area contributed by atoms with Gasteiger partial charge in [-0.3, -0.25) is 0 Å². The molecular weight excluding hydrogens is 202 g/mol. The second-order valence-corrected chi connectivity index (χ2v) is 6.45. The molecule has 1 saturated carbocycles. The number of thioether (sulfide) groups is 1. The van der Waals surface area contributed by atoms with Crippen molar-refractivity contribution in [1.29, 1.82) is 0 Å². The summed E-state index contributed by atoms with van der Waals surface area (Å²) in [6.45, 7) is 3.40. The van der Waals surface area contributed by atoms with Crippen molar-refractivity contribution in [2.75, 3.05) is 12.3 Å². The first-order valence-electron chi connectivity index (χ1n) is 6.75. The predicted molar refractivity (Wildman–Crippen MR) is 69.5 cm³/mol. The summed E-state index contributed by atoms with van der Waals surface area (Å²) in [5.41, 5.74) is 0. The zero-order valence-corrected chi connectivity index (χ0v) is 10.8. The molecule has 2 fully saturated rings. The highest BCUT2D eigenvalue weighted by Crippen LogP contribution is 2.35. The van der Waals surface area contributed by atoms with Crippen LogP contribution >= 0.6 is 11.8 Å². The Balaban J connectivity index is 1.79. The highest BCUT2D eigenvalue weighted by Gasteiger charge is 2.28. The Hall–Kier alpha value is 0.310. The molecule has 2 heteroatoms. The minimum absolute atomic E-state index is 0.811. The Bertz CT molecular complexity index is 173. The fourth-order valence-corrected chi connectivity index (χ4v) is 4.25. The molecule has 0 spiro atoms. The van der Waals surface area contributed by atoms with Crippen molar-refractivity contribution in [1.82, 2.24) is 5.32 Å². The molecule has 0 aromatic carbocycles. The van der Waals surface area contributed by atoms with Crippen LogP contribution < -0.4 is 5.32 Å². The molecule has 2 rings (SSSR count). The second kappa shape index (κ2) is 6.15. The van der Waals surface area contributed by atoms with Gasteiger partial charge in [-0.05, 0) is 37.5 Å². The third kappa shape index (κ3) is 3.39. The zero-order chi connectivity index (χ0) is 10.5. The molecule has 2 aliphatic rings. The lowest BCUT2D eigenvalue weighted by Gasteiger charge is -2.35. The van der Waals surface area contributed by atoms with Crippen molar-refractivity contribution >= 4 is 11.8 Å². The highest BCUT2D eigenvalue weighted by atomic mass is 32.2. The minimum Gasteiger partial charge on any atom is -0.313 e. The van der Waals surface area contributed by atoms with E-state index >= 15 is 0 Å². The zero-order valence-electron chi connectivity index (χ0n) is 10.0. The molecule has 1 aliphatic heterocycles. The van der Waals surface area contributed by atoms with E-state index < -0.39 is 0 Å². The molecule has 1 heterocycles. The minimum atomic E-state index is 0.811. The molecule has 1 saturated heterocycles. The molecule has 0 aromatic rings. The molecule has 0 aromatic heterocycles. The number of nitrogens with one attached hydrogen (secondary N) is 1. The van der Waals surface area contributed by atoms with Crippen molar-refractivity contribution < 1.29 is 0 Å². The van der Waals surface area contributed by atoms with Gasteiger partial charge in [0, 0.05) is 11.3 Å². The molecule has 0 bridgehead atoms. The van der Waals surface area contributed by atoms with Crippen LogP contribution in [0.25, 0.3) is 0 Å². The van der Waals surface area contributed by atoms with E-state index in [0.29, 0.717) is 0 Å². The summed E-state index contributed by atoms with van der Waals surface area (Å²) in [5.74, 6) is 2.45. The second-order valence-electron chi connectivity index (χ2n) is 5.10. The lowest BCUT2D eigenvalue weighted by atomic mass is 9.80. The first kappa shape index (κ1) is 11.8. The number of rotatable bonds is 5. The molecule has 2 unspecified atom stereocenters. The number of hydrogen-bond acceptors (Lipinski definition) is 2. The Morgan fingerprint density at radius 3 is 2.60 bits per heavy atom. The van der Waals surface area contributed by atoms with Crippen molar-refractivity contribution in [3.63, 3.8) is 0 Å². The molecule has 1 aliphatic carbocycles. The van der Waals surface area contributed by atoms with Gasteiger partial charge in [-0.25, -0.2) is 0 Å². The van der Waals surface area contributed by atoms with Crippen molar-refractivity contribution in [2.45, 2.75) is 63.2 Å². The fraction of sp³-hybridized carbons (Fsp3) is 1.00. The average molecular weight is 227 g/mol. The van der Waals surface area contributed by atoms with Gasteiger partial charge in [-0.1, -0.05) is 32.6 Å². The molecular formula is C13H25NS. The molecule has 88 valence electrons. The fourth-order valence-electron chi connectivity index (χ4n) is 2.80. The average Bonchev–Trinajstić information content (AvgIpc) is 2.23. The van der Waals surface area contributed by atoms with Gasteiger partial charge >= 0.3 is 0 Å². The largest absolute Gasteiger partial charge is 0.313 e. The number of hydrogen-bond donors (Lipinski definition) is 1. The Kier molecular flexibility index (Phi) is 4.83. The summed E-state index contributed by atoms with van der Waals surface area (Å²) in [7, 11) is 0. The summed E-state index contributed by atoms with van der Waals surface area (Å²) in [4.78, 5) is 0. The van der Waals surface area contributed by atoms with Gasteiger partial charge in [0.25, 0.3) is 0 Å². The highest BCUT2D eigenvalue weighted by molar-refractivity contribution is 8.00. The lowest BCUT2D eigenvalue weighted by Crippen LogP contribution is -2.41. The normalized spacial score (nSPS) is 29.8. The van der Waals surface area contributed by atoms with Crippen LogP contribution in [0.5, 0.6) is 0 Å². The quantitative estimate of drug-likeness (QED) is 0.772. The van der Waals surface area contributed by atoms with E-state index in [4.69, 9.17) is 0 Å². The molecule has 1 nitrogen and oxygen atoms in total. The van der Waals surface area contributed by atoms with E-state index in [1.807, 2.05) is 0 Å². The maximum Gasteiger partial charge on any atom is 0.0201 e. The van der Waals surface area contributed by atoms with Crippen LogP contribution in [0.3, 0.4) is 0 Å². The Morgan fingerprint density at radius 1 is 1.20 bits per heavy atom. The van der Waals surface area contributed by atoms with Gasteiger partial charge in [0.05, 0.1) is 0 Å². The van der Waals surface area contributed by atoms with E-state index in [1.165, 1.54) is 50.7 Å². The monoisotopic (exact) mass is 227 g/mol. The van der Waals surface area contributed by atoms with Crippen LogP contribution in [0, 0.1) is 5.92 Å². The van der Waals surface area contributed by atoms with E-state index in [-0.39, 0.29) is 0 Å². The topological polar surface area (TPSA) is 12.0 Å². The van der Waals surface area contributed by atoms with Crippen molar-refractivity contribution in [3.05, 3.63) is 0 Å². The maximum absolute atomic E-state index is 3.73. The molecule has 15 heavy (non-hydrogen) atoms. The van der Waals surface area contributed by atoms with E-state index in [1.54, 1.807) is 0 Å². The van der Waals surface area contributed by atoms with Crippen LogP contribution in [-0.2, 0) is 0 Å². The van der Waals surface area contributed by atoms with Gasteiger partial charge in [-0.2, -0.15) is 11.8 Å². The maximum atomic E-state index is 3.73. The van der Waals surface area contributed by atoms with Crippen molar-refractivity contribution in [3.8, 4) is 0 Å². The Morgan fingerprint density at radius 2 is 2.07 bits per heavy atom. The summed E-state index contributed by atoms with van der Waals surface area (Å²) >= 11 is 2.23. The third-order valence-electron chi connectivity index (χ3n) is 3.94. The van der Waals surface area contributed by atoms with Crippen LogP contribution in [0.15, 0.2) is 0 Å². The summed E-state index contributed by atoms with van der Waals surface area (Å²) in [6, 6.07) is 0.811. The van der Waals surface area contributed by atoms with E-state index in [9.17, 15) is 0 Å². The van der Waals surface area contributed by atoms with Crippen LogP contribution in [-0.4, -0.2) is 23.6 Å². The molecule has 0 radical (unpaired) electrons. The van der Waals surface area contributed by atoms with E-state index in [0.717, 1.165) is 23.8 Å². The first-order chi connectivity index (χ1) is 7.40. The third-order valence-corrected chi connectivity index (χ3v) is 5.46. The van der Waals surface area contributed by atoms with Gasteiger partial charge in [0.1, 0.15) is 0 Å². The predicted octanol–water partition coefficient (Wildman–Crippen LogP) is 3.44. The van der Waals surface area contributed by atoms with E-state index in [2.05, 4.69) is 24.0 Å². The van der Waals surface area contributed by atoms with Gasteiger partial charge < -0.3 is 5.32 Å². The lowest BCUT2D eigenvalue weighted by molar-refractivity contribution is 0.255. The van der Waals surface area contributed by atoms with Gasteiger partial charge in [0.2, 0.25) is 0 Å². The SMILES string of the molecule is CCNC(CC1CCC1)C1CCCCS1. The van der Waals surface area contributed by atoms with Gasteiger partial charge in [-0.15, -0.1) is 0 Å². The molecule has 0 amide bonds. The Labute approximate surface area is 98.8 Å². The summed E-state index contributed by atoms with van der Waals surface area (Å²) in [6.07, 6.45) is 10.3. The smallest absolute Gasteiger partial charge is 0.0201 e. The summed E-state index contributed by atoms with van der Waals surface area (Å²) < 4.78 is 0. The van der Waals surface area contributed by atoms with Crippen LogP contribution in [0.1, 0.15) is 51.9 Å².